The topological polar surface area (TPSA) is 75.6 Å². The average Bonchev–Trinajstić information content (AvgIpc) is 2.71. The summed E-state index contributed by atoms with van der Waals surface area (Å²) in [7, 11) is -2.82. The smallest absolute Gasteiger partial charge is 0.256 e. The average molecular weight is 309 g/mol. The second-order valence-corrected chi connectivity index (χ2v) is 7.52. The fourth-order valence-electron chi connectivity index (χ4n) is 2.04. The number of nitrogens with one attached hydrogen (secondary N) is 1. The summed E-state index contributed by atoms with van der Waals surface area (Å²) >= 11 is 5.02. The maximum Gasteiger partial charge on any atom is 0.256 e. The normalized spacial score (nSPS) is 21.2. The first kappa shape index (κ1) is 16.7. The zero-order valence-electron chi connectivity index (χ0n) is 11.1. The van der Waals surface area contributed by atoms with Crippen LogP contribution in [0.5, 0.6) is 0 Å². The van der Waals surface area contributed by atoms with Crippen molar-refractivity contribution in [3.05, 3.63) is 0 Å². The van der Waals surface area contributed by atoms with E-state index in [9.17, 15) is 8.42 Å². The van der Waals surface area contributed by atoms with E-state index in [1.807, 2.05) is 0 Å². The van der Waals surface area contributed by atoms with Crippen LogP contribution in [0, 0.1) is 5.92 Å². The zero-order chi connectivity index (χ0) is 14.1. The Morgan fingerprint density at radius 2 is 2.05 bits per heavy atom. The number of ether oxygens (including phenoxy) is 1. The molecule has 1 heterocycles. The minimum atomic E-state index is -2.82. The number of sulfone groups is 1. The molecule has 1 saturated heterocycles. The van der Waals surface area contributed by atoms with E-state index in [1.165, 1.54) is 0 Å². The van der Waals surface area contributed by atoms with Crippen LogP contribution in [0.2, 0.25) is 0 Å². The van der Waals surface area contributed by atoms with Gasteiger partial charge in [0.2, 0.25) is 0 Å². The molecule has 0 aromatic carbocycles. The number of aliphatic hydroxyl groups is 1. The molecular weight excluding hydrogens is 286 g/mol. The van der Waals surface area contributed by atoms with E-state index in [0.29, 0.717) is 24.7 Å². The standard InChI is InChI=1S/C12H23NO4S2/c14-6-3-1-2-4-7-17-12(18)13-9-11-5-8-19(15,16)10-11/h11,14H,1-10H2,(H,13,18)/t11-/m1/s1. The fourth-order valence-corrected chi connectivity index (χ4v) is 4.07. The largest absolute Gasteiger partial charge is 0.471 e. The number of rotatable bonds is 8. The van der Waals surface area contributed by atoms with Crippen molar-refractivity contribution in [1.82, 2.24) is 5.32 Å². The van der Waals surface area contributed by atoms with Crippen LogP contribution in [0.25, 0.3) is 0 Å². The molecule has 19 heavy (non-hydrogen) atoms. The molecule has 2 N–H and O–H groups in total. The van der Waals surface area contributed by atoms with Gasteiger partial charge in [0.1, 0.15) is 0 Å². The van der Waals surface area contributed by atoms with Gasteiger partial charge in [-0.3, -0.25) is 0 Å². The Morgan fingerprint density at radius 1 is 1.32 bits per heavy atom. The number of hydrogen-bond acceptors (Lipinski definition) is 5. The molecule has 0 amide bonds. The molecule has 112 valence electrons. The highest BCUT2D eigenvalue weighted by molar-refractivity contribution is 7.91. The van der Waals surface area contributed by atoms with Gasteiger partial charge in [0.05, 0.1) is 18.1 Å². The fraction of sp³-hybridized carbons (Fsp3) is 0.917. The third-order valence-electron chi connectivity index (χ3n) is 3.15. The first-order valence-electron chi connectivity index (χ1n) is 6.75. The van der Waals surface area contributed by atoms with E-state index in [0.717, 1.165) is 25.7 Å². The minimum absolute atomic E-state index is 0.149. The van der Waals surface area contributed by atoms with E-state index in [2.05, 4.69) is 5.32 Å². The van der Waals surface area contributed by atoms with Crippen molar-refractivity contribution in [2.45, 2.75) is 32.1 Å². The third kappa shape index (κ3) is 7.69. The first-order chi connectivity index (χ1) is 9.03. The second-order valence-electron chi connectivity index (χ2n) is 4.92. The molecule has 0 bridgehead atoms. The molecule has 0 aromatic rings. The van der Waals surface area contributed by atoms with Gasteiger partial charge < -0.3 is 15.2 Å². The molecule has 0 spiro atoms. The van der Waals surface area contributed by atoms with E-state index in [1.54, 1.807) is 0 Å². The molecule has 0 unspecified atom stereocenters. The van der Waals surface area contributed by atoms with Crippen molar-refractivity contribution in [3.63, 3.8) is 0 Å². The van der Waals surface area contributed by atoms with Crippen LogP contribution < -0.4 is 5.32 Å². The van der Waals surface area contributed by atoms with Gasteiger partial charge in [-0.2, -0.15) is 0 Å². The molecule has 1 rings (SSSR count). The molecule has 1 aliphatic heterocycles. The van der Waals surface area contributed by atoms with Crippen LogP contribution in [-0.2, 0) is 14.6 Å². The Morgan fingerprint density at radius 3 is 2.68 bits per heavy atom. The molecule has 5 nitrogen and oxygen atoms in total. The lowest BCUT2D eigenvalue weighted by molar-refractivity contribution is 0.267. The van der Waals surface area contributed by atoms with Crippen LogP contribution in [0.1, 0.15) is 32.1 Å². The van der Waals surface area contributed by atoms with Gasteiger partial charge in [-0.05, 0) is 43.8 Å². The predicted molar refractivity (Wildman–Crippen MR) is 78.9 cm³/mol. The summed E-state index contributed by atoms with van der Waals surface area (Å²) in [5, 5.41) is 11.9. The highest BCUT2D eigenvalue weighted by Gasteiger charge is 2.27. The first-order valence-corrected chi connectivity index (χ1v) is 8.98. The maximum absolute atomic E-state index is 11.3. The SMILES string of the molecule is O=S1(=O)CC[C@H](CNC(=S)OCCCCCCO)C1. The molecule has 0 aromatic heterocycles. The Bertz CT molecular complexity index is 370. The third-order valence-corrected chi connectivity index (χ3v) is 5.25. The lowest BCUT2D eigenvalue weighted by Crippen LogP contribution is -2.30. The predicted octanol–water partition coefficient (Wildman–Crippen LogP) is 0.865. The van der Waals surface area contributed by atoms with Gasteiger partial charge >= 0.3 is 0 Å². The van der Waals surface area contributed by atoms with Crippen LogP contribution >= 0.6 is 12.2 Å². The number of unbranched alkanes of at least 4 members (excludes halogenated alkanes) is 3. The number of thiocarbonyl (C=S) groups is 1. The Kier molecular flexibility index (Phi) is 7.63. The van der Waals surface area contributed by atoms with Gasteiger partial charge in [0.25, 0.3) is 5.17 Å². The van der Waals surface area contributed by atoms with Gasteiger partial charge in [-0.25, -0.2) is 8.42 Å². The molecule has 1 atom stereocenters. The highest BCUT2D eigenvalue weighted by atomic mass is 32.2. The van der Waals surface area contributed by atoms with E-state index in [-0.39, 0.29) is 24.0 Å². The maximum atomic E-state index is 11.3. The van der Waals surface area contributed by atoms with Crippen molar-refractivity contribution >= 4 is 27.2 Å². The summed E-state index contributed by atoms with van der Waals surface area (Å²) in [5.74, 6) is 0.692. The Balaban J connectivity index is 1.99. The van der Waals surface area contributed by atoms with Crippen molar-refractivity contribution < 1.29 is 18.3 Å². The summed E-state index contributed by atoms with van der Waals surface area (Å²) in [4.78, 5) is 0. The summed E-state index contributed by atoms with van der Waals surface area (Å²) in [5.41, 5.74) is 0. The Labute approximate surface area is 120 Å². The summed E-state index contributed by atoms with van der Waals surface area (Å²) < 4.78 is 27.9. The van der Waals surface area contributed by atoms with Crippen LogP contribution in [0.4, 0.5) is 0 Å². The molecule has 0 aliphatic carbocycles. The van der Waals surface area contributed by atoms with Gasteiger partial charge in [-0.1, -0.05) is 6.42 Å². The van der Waals surface area contributed by atoms with E-state index in [4.69, 9.17) is 22.1 Å². The van der Waals surface area contributed by atoms with Crippen molar-refractivity contribution in [2.24, 2.45) is 5.92 Å². The number of hydrogen-bond donors (Lipinski definition) is 2. The summed E-state index contributed by atoms with van der Waals surface area (Å²) in [6, 6.07) is 0. The van der Waals surface area contributed by atoms with Gasteiger partial charge in [0.15, 0.2) is 9.84 Å². The minimum Gasteiger partial charge on any atom is -0.471 e. The molecule has 0 radical (unpaired) electrons. The summed E-state index contributed by atoms with van der Waals surface area (Å²) in [6.07, 6.45) is 4.47. The monoisotopic (exact) mass is 309 g/mol. The second kappa shape index (κ2) is 8.71. The van der Waals surface area contributed by atoms with Crippen LogP contribution in [0.15, 0.2) is 0 Å². The highest BCUT2D eigenvalue weighted by Crippen LogP contribution is 2.17. The molecule has 1 fully saturated rings. The quantitative estimate of drug-likeness (QED) is 0.512. The van der Waals surface area contributed by atoms with Crippen LogP contribution in [0.3, 0.4) is 0 Å². The molecule has 7 heteroatoms. The van der Waals surface area contributed by atoms with E-state index < -0.39 is 9.84 Å². The number of aliphatic hydroxyl groups excluding tert-OH is 1. The van der Waals surface area contributed by atoms with Crippen molar-refractivity contribution in [1.29, 1.82) is 0 Å². The van der Waals surface area contributed by atoms with Crippen LogP contribution in [-0.4, -0.2) is 50.0 Å². The zero-order valence-corrected chi connectivity index (χ0v) is 12.8. The Hall–Kier alpha value is -0.400. The van der Waals surface area contributed by atoms with Crippen molar-refractivity contribution in [3.8, 4) is 0 Å². The molecule has 1 aliphatic rings. The van der Waals surface area contributed by atoms with Crippen molar-refractivity contribution in [2.75, 3.05) is 31.3 Å². The lowest BCUT2D eigenvalue weighted by Gasteiger charge is -2.12. The molecular formula is C12H23NO4S2. The summed E-state index contributed by atoms with van der Waals surface area (Å²) in [6.45, 7) is 1.38. The molecule has 0 saturated carbocycles. The van der Waals surface area contributed by atoms with E-state index >= 15 is 0 Å². The van der Waals surface area contributed by atoms with Gasteiger partial charge in [0, 0.05) is 13.2 Å². The van der Waals surface area contributed by atoms with Gasteiger partial charge in [-0.15, -0.1) is 0 Å². The lowest BCUT2D eigenvalue weighted by atomic mass is 10.1.